The van der Waals surface area contributed by atoms with Crippen molar-refractivity contribution in [2.24, 2.45) is 0 Å². The van der Waals surface area contributed by atoms with E-state index in [0.29, 0.717) is 97.7 Å². The van der Waals surface area contributed by atoms with Crippen LogP contribution in [0.15, 0.2) is 45.2 Å². The number of hydrogen-bond acceptors (Lipinski definition) is 13. The van der Waals surface area contributed by atoms with Crippen molar-refractivity contribution < 1.29 is 37.3 Å². The van der Waals surface area contributed by atoms with Gasteiger partial charge < -0.3 is 37.3 Å². The Kier molecular flexibility index (Phi) is 35.5. The quantitative estimate of drug-likeness (QED) is 0.0343. The number of ether oxygens (including phenoxy) is 6. The van der Waals surface area contributed by atoms with Crippen LogP contribution in [0.3, 0.4) is 0 Å². The summed E-state index contributed by atoms with van der Waals surface area (Å²) in [4.78, 5) is 1.56. The molecule has 0 N–H and O–H groups in total. The molecule has 0 unspecified atom stereocenters. The van der Waals surface area contributed by atoms with Gasteiger partial charge in [-0.05, 0) is 74.9 Å². The number of unbranched alkanes of at least 4 members (excludes halogenated alkanes) is 30. The summed E-state index contributed by atoms with van der Waals surface area (Å²) in [6.07, 6.45) is 42.5. The zero-order valence-corrected chi connectivity index (χ0v) is 52.4. The fourth-order valence-corrected chi connectivity index (χ4v) is 10.8. The average molecular weight is 1140 g/mol. The van der Waals surface area contributed by atoms with Crippen molar-refractivity contribution in [3.63, 3.8) is 0 Å². The highest BCUT2D eigenvalue weighted by Crippen LogP contribution is 2.45. The summed E-state index contributed by atoms with van der Waals surface area (Å²) in [6.45, 7) is 17.1. The van der Waals surface area contributed by atoms with Crippen LogP contribution < -0.4 is 28.4 Å². The van der Waals surface area contributed by atoms with Crippen molar-refractivity contribution >= 4 is 11.3 Å². The molecule has 0 atom stereocenters. The second kappa shape index (κ2) is 43.0. The standard InChI is InChI=1S/C68H108N4O8S/c1-7-13-19-25-31-37-45-73-57-51-55(52-58(74-46-38-32-26-20-14-8-2)63(57)77-49-41-35-29-23-17-11-5)65-69-71-67(79-65)61-43-44-62(81-61)68-72-70-66(80-68)56-53-59(75-47-39-33-27-21-15-9-3)64(78-50-42-36-30-24-18-12-6)60(54-56)76-48-40-34-28-22-16-10-4/h43-44,51-54H,7-42,45-50H2,1-6H3. The summed E-state index contributed by atoms with van der Waals surface area (Å²) >= 11 is 1.46. The maximum atomic E-state index is 6.60. The van der Waals surface area contributed by atoms with Crippen molar-refractivity contribution in [2.75, 3.05) is 39.6 Å². The van der Waals surface area contributed by atoms with Crippen molar-refractivity contribution in [3.8, 4) is 78.9 Å². The van der Waals surface area contributed by atoms with Crippen LogP contribution in [0.1, 0.15) is 273 Å². The number of benzene rings is 2. The molecular formula is C68H108N4O8S. The average Bonchev–Trinajstić information content (AvgIpc) is 4.52. The molecule has 5 rings (SSSR count). The molecule has 2 aromatic carbocycles. The van der Waals surface area contributed by atoms with E-state index in [9.17, 15) is 0 Å². The number of aromatic nitrogens is 4. The lowest BCUT2D eigenvalue weighted by Gasteiger charge is -2.18. The molecule has 5 aromatic rings. The number of hydrogen-bond donors (Lipinski definition) is 0. The molecule has 0 aliphatic heterocycles. The predicted octanol–water partition coefficient (Wildman–Crippen LogP) is 21.6. The molecule has 0 saturated heterocycles. The molecule has 0 saturated carbocycles. The van der Waals surface area contributed by atoms with Gasteiger partial charge in [-0.15, -0.1) is 31.7 Å². The Morgan fingerprint density at radius 3 is 0.765 bits per heavy atom. The molecule has 0 radical (unpaired) electrons. The van der Waals surface area contributed by atoms with E-state index in [1.807, 2.05) is 36.4 Å². The Labute approximate surface area is 494 Å². The minimum absolute atomic E-state index is 0.375. The molecule has 12 nitrogen and oxygen atoms in total. The Balaban J connectivity index is 1.39. The lowest BCUT2D eigenvalue weighted by Crippen LogP contribution is -2.07. The summed E-state index contributed by atoms with van der Waals surface area (Å²) in [5.74, 6) is 5.46. The molecule has 0 amide bonds. The normalized spacial score (nSPS) is 11.4. The Morgan fingerprint density at radius 1 is 0.284 bits per heavy atom. The molecule has 0 spiro atoms. The summed E-state index contributed by atoms with van der Waals surface area (Å²) in [6, 6.07) is 11.8. The number of rotatable bonds is 52. The smallest absolute Gasteiger partial charge is 0.258 e. The van der Waals surface area contributed by atoms with E-state index in [1.165, 1.54) is 165 Å². The summed E-state index contributed by atoms with van der Waals surface area (Å²) in [7, 11) is 0. The van der Waals surface area contributed by atoms with E-state index < -0.39 is 0 Å². The van der Waals surface area contributed by atoms with Crippen LogP contribution in [-0.2, 0) is 0 Å². The Hall–Kier alpha value is -4.78. The van der Waals surface area contributed by atoms with Gasteiger partial charge in [-0.1, -0.05) is 234 Å². The van der Waals surface area contributed by atoms with E-state index in [1.54, 1.807) is 0 Å². The lowest BCUT2D eigenvalue weighted by atomic mass is 10.1. The fraction of sp³-hybridized carbons (Fsp3) is 0.706. The third-order valence-corrected chi connectivity index (χ3v) is 16.0. The number of thiophene rings is 1. The van der Waals surface area contributed by atoms with E-state index >= 15 is 0 Å². The van der Waals surface area contributed by atoms with Gasteiger partial charge in [-0.25, -0.2) is 0 Å². The molecule has 13 heteroatoms. The first kappa shape index (κ1) is 67.0. The molecule has 454 valence electrons. The van der Waals surface area contributed by atoms with Gasteiger partial charge in [0.1, 0.15) is 0 Å². The summed E-state index contributed by atoms with van der Waals surface area (Å²) in [5.41, 5.74) is 1.44. The maximum absolute atomic E-state index is 6.60. The number of nitrogens with zero attached hydrogens (tertiary/aromatic N) is 4. The predicted molar refractivity (Wildman–Crippen MR) is 335 cm³/mol. The van der Waals surface area contributed by atoms with Gasteiger partial charge >= 0.3 is 0 Å². The maximum Gasteiger partial charge on any atom is 0.258 e. The monoisotopic (exact) mass is 1140 g/mol. The first-order chi connectivity index (χ1) is 40.0. The molecule has 3 heterocycles. The SMILES string of the molecule is CCCCCCCCOc1cc(-c2nnc(-c3ccc(-c4nnc(-c5cc(OCCCCCCCC)c(OCCCCCCCC)c(OCCCCCCCC)c5)o4)s3)o2)cc(OCCCCCCCC)c1OCCCCCCCC. The van der Waals surface area contributed by atoms with Crippen LogP contribution in [0.4, 0.5) is 0 Å². The zero-order valence-electron chi connectivity index (χ0n) is 51.6. The van der Waals surface area contributed by atoms with Gasteiger partial charge in [0, 0.05) is 11.1 Å². The Bertz CT molecular complexity index is 2110. The first-order valence-electron chi connectivity index (χ1n) is 32.9. The van der Waals surface area contributed by atoms with Gasteiger partial charge in [0.05, 0.1) is 49.4 Å². The van der Waals surface area contributed by atoms with Gasteiger partial charge in [-0.3, -0.25) is 0 Å². The molecule has 0 aliphatic rings. The first-order valence-corrected chi connectivity index (χ1v) is 33.8. The third-order valence-electron chi connectivity index (χ3n) is 14.9. The van der Waals surface area contributed by atoms with Crippen LogP contribution >= 0.6 is 11.3 Å². The van der Waals surface area contributed by atoms with Gasteiger partial charge in [0.2, 0.25) is 23.3 Å². The molecule has 0 bridgehead atoms. The van der Waals surface area contributed by atoms with Gasteiger partial charge in [-0.2, -0.15) is 0 Å². The third kappa shape index (κ3) is 26.1. The fourth-order valence-electron chi connectivity index (χ4n) is 9.93. The van der Waals surface area contributed by atoms with E-state index in [-0.39, 0.29) is 0 Å². The second-order valence-corrected chi connectivity index (χ2v) is 23.4. The van der Waals surface area contributed by atoms with Crippen LogP contribution in [0, 0.1) is 0 Å². The van der Waals surface area contributed by atoms with Crippen molar-refractivity contribution in [1.82, 2.24) is 20.4 Å². The minimum atomic E-state index is 0.375. The summed E-state index contributed by atoms with van der Waals surface area (Å²) < 4.78 is 52.6. The second-order valence-electron chi connectivity index (χ2n) is 22.3. The van der Waals surface area contributed by atoms with E-state index in [2.05, 4.69) is 61.9 Å². The zero-order chi connectivity index (χ0) is 57.2. The Morgan fingerprint density at radius 2 is 0.506 bits per heavy atom. The molecule has 3 aromatic heterocycles. The molecular weight excluding hydrogens is 1030 g/mol. The minimum Gasteiger partial charge on any atom is -0.490 e. The topological polar surface area (TPSA) is 133 Å². The largest absolute Gasteiger partial charge is 0.490 e. The van der Waals surface area contributed by atoms with Crippen LogP contribution in [0.2, 0.25) is 0 Å². The molecule has 81 heavy (non-hydrogen) atoms. The van der Waals surface area contributed by atoms with Crippen molar-refractivity contribution in [1.29, 1.82) is 0 Å². The molecule has 0 aliphatic carbocycles. The highest BCUT2D eigenvalue weighted by Gasteiger charge is 2.24. The van der Waals surface area contributed by atoms with Crippen LogP contribution in [-0.4, -0.2) is 60.0 Å². The molecule has 0 fully saturated rings. The van der Waals surface area contributed by atoms with Crippen molar-refractivity contribution in [3.05, 3.63) is 36.4 Å². The van der Waals surface area contributed by atoms with Gasteiger partial charge in [0.25, 0.3) is 11.8 Å². The summed E-state index contributed by atoms with van der Waals surface area (Å²) in [5, 5.41) is 18.3. The van der Waals surface area contributed by atoms with Crippen LogP contribution in [0.5, 0.6) is 34.5 Å². The van der Waals surface area contributed by atoms with E-state index in [4.69, 9.17) is 37.3 Å². The highest BCUT2D eigenvalue weighted by atomic mass is 32.1. The highest BCUT2D eigenvalue weighted by molar-refractivity contribution is 7.18. The van der Waals surface area contributed by atoms with Gasteiger partial charge in [0.15, 0.2) is 23.0 Å². The van der Waals surface area contributed by atoms with Crippen molar-refractivity contribution in [2.45, 2.75) is 273 Å². The van der Waals surface area contributed by atoms with E-state index in [0.717, 1.165) is 97.9 Å². The van der Waals surface area contributed by atoms with Crippen LogP contribution in [0.25, 0.3) is 44.4 Å². The lowest BCUT2D eigenvalue weighted by molar-refractivity contribution is 0.234.